The van der Waals surface area contributed by atoms with Crippen LogP contribution in [0.15, 0.2) is 46.4 Å². The molecule has 2 aromatic carbocycles. The lowest BCUT2D eigenvalue weighted by Crippen LogP contribution is -2.29. The van der Waals surface area contributed by atoms with Gasteiger partial charge in [0, 0.05) is 11.6 Å². The number of nitrogens with zero attached hydrogens (tertiary/aromatic N) is 2. The van der Waals surface area contributed by atoms with Crippen molar-refractivity contribution in [1.82, 2.24) is 5.43 Å². The Kier molecular flexibility index (Phi) is 7.41. The number of nitro benzene ring substituents is 1. The molecule has 2 rings (SSSR count). The number of hydrogen-bond acceptors (Lipinski definition) is 9. The predicted octanol–water partition coefficient (Wildman–Crippen LogP) is 3.54. The van der Waals surface area contributed by atoms with Gasteiger partial charge in [0.15, 0.2) is 11.5 Å². The predicted molar refractivity (Wildman–Crippen MR) is 116 cm³/mol. The summed E-state index contributed by atoms with van der Waals surface area (Å²) in [4.78, 5) is 21.7. The van der Waals surface area contributed by atoms with E-state index in [-0.39, 0.29) is 22.1 Å². The summed E-state index contributed by atoms with van der Waals surface area (Å²) >= 11 is 0. The summed E-state index contributed by atoms with van der Waals surface area (Å²) in [5, 5.41) is 14.9. The Labute approximate surface area is 185 Å². The number of methoxy groups -OCH3 is 1. The number of aryl methyl sites for hydroxylation is 1. The van der Waals surface area contributed by atoms with Crippen LogP contribution in [-0.4, -0.2) is 38.4 Å². The lowest BCUT2D eigenvalue weighted by atomic mass is 10.2. The van der Waals surface area contributed by atoms with Gasteiger partial charge >= 0.3 is 16.2 Å². The number of nitrogens with one attached hydrogen (secondary N) is 1. The highest BCUT2D eigenvalue weighted by Crippen LogP contribution is 2.31. The third-order valence-corrected chi connectivity index (χ3v) is 5.05. The molecule has 32 heavy (non-hydrogen) atoms. The molecule has 0 aliphatic heterocycles. The van der Waals surface area contributed by atoms with Crippen LogP contribution in [0.3, 0.4) is 0 Å². The van der Waals surface area contributed by atoms with Crippen molar-refractivity contribution in [2.75, 3.05) is 7.11 Å². The first-order valence-corrected chi connectivity index (χ1v) is 10.6. The molecule has 0 aliphatic carbocycles. The number of rotatable bonds is 7. The number of carbonyl (C=O) groups is 1. The third-order valence-electron chi connectivity index (χ3n) is 3.82. The highest BCUT2D eigenvalue weighted by Gasteiger charge is 2.23. The van der Waals surface area contributed by atoms with E-state index < -0.39 is 26.7 Å². The van der Waals surface area contributed by atoms with Crippen LogP contribution < -0.4 is 14.3 Å². The van der Waals surface area contributed by atoms with E-state index in [9.17, 15) is 23.3 Å². The van der Waals surface area contributed by atoms with Crippen molar-refractivity contribution < 1.29 is 31.8 Å². The Bertz CT molecular complexity index is 1150. The number of hydrazone groups is 1. The second kappa shape index (κ2) is 9.64. The fourth-order valence-corrected chi connectivity index (χ4v) is 3.36. The Morgan fingerprint density at radius 3 is 2.44 bits per heavy atom. The summed E-state index contributed by atoms with van der Waals surface area (Å²) in [7, 11) is -3.06. The summed E-state index contributed by atoms with van der Waals surface area (Å²) in [5.41, 5.74) is 1.97. The van der Waals surface area contributed by atoms with E-state index in [4.69, 9.17) is 13.7 Å². The number of hydrogen-bond donors (Lipinski definition) is 1. The average molecular weight is 465 g/mol. The molecule has 172 valence electrons. The quantitative estimate of drug-likeness (QED) is 0.283. The highest BCUT2D eigenvalue weighted by molar-refractivity contribution is 7.87. The van der Waals surface area contributed by atoms with Crippen LogP contribution in [0.5, 0.6) is 11.5 Å². The van der Waals surface area contributed by atoms with Crippen LogP contribution >= 0.6 is 0 Å². The van der Waals surface area contributed by atoms with E-state index in [2.05, 4.69) is 10.5 Å². The normalized spacial score (nSPS) is 11.8. The van der Waals surface area contributed by atoms with Gasteiger partial charge in [-0.05, 0) is 57.5 Å². The molecule has 0 unspecified atom stereocenters. The number of nitro groups is 1. The zero-order valence-electron chi connectivity index (χ0n) is 18.1. The van der Waals surface area contributed by atoms with Crippen molar-refractivity contribution >= 4 is 28.1 Å². The van der Waals surface area contributed by atoms with Crippen molar-refractivity contribution in [3.8, 4) is 11.5 Å². The van der Waals surface area contributed by atoms with Gasteiger partial charge in [-0.3, -0.25) is 10.1 Å². The van der Waals surface area contributed by atoms with Gasteiger partial charge in [0.2, 0.25) is 0 Å². The molecular weight excluding hydrogens is 442 g/mol. The molecule has 11 nitrogen and oxygen atoms in total. The fraction of sp³-hybridized carbons (Fsp3) is 0.300. The molecule has 0 radical (unpaired) electrons. The van der Waals surface area contributed by atoms with Crippen molar-refractivity contribution in [3.05, 3.63) is 57.6 Å². The molecule has 12 heteroatoms. The molecule has 2 aromatic rings. The van der Waals surface area contributed by atoms with Gasteiger partial charge in [-0.2, -0.15) is 13.5 Å². The van der Waals surface area contributed by atoms with Crippen LogP contribution in [0.25, 0.3) is 0 Å². The summed E-state index contributed by atoms with van der Waals surface area (Å²) < 4.78 is 40.6. The Morgan fingerprint density at radius 2 is 1.84 bits per heavy atom. The maximum Gasteiger partial charge on any atom is 0.428 e. The van der Waals surface area contributed by atoms with Gasteiger partial charge in [-0.1, -0.05) is 6.07 Å². The lowest BCUT2D eigenvalue weighted by Gasteiger charge is -2.18. The van der Waals surface area contributed by atoms with Gasteiger partial charge in [-0.15, -0.1) is 0 Å². The zero-order valence-corrected chi connectivity index (χ0v) is 18.9. The second-order valence-corrected chi connectivity index (χ2v) is 9.07. The molecule has 0 aromatic heterocycles. The van der Waals surface area contributed by atoms with E-state index in [0.717, 1.165) is 6.07 Å². The first kappa shape index (κ1) is 24.6. The van der Waals surface area contributed by atoms with Gasteiger partial charge in [0.1, 0.15) is 10.5 Å². The van der Waals surface area contributed by atoms with Crippen LogP contribution in [-0.2, 0) is 14.9 Å². The van der Waals surface area contributed by atoms with Crippen molar-refractivity contribution in [2.24, 2.45) is 5.10 Å². The monoisotopic (exact) mass is 465 g/mol. The van der Waals surface area contributed by atoms with Crippen LogP contribution in [0.1, 0.15) is 31.9 Å². The van der Waals surface area contributed by atoms with Crippen LogP contribution in [0.2, 0.25) is 0 Å². The van der Waals surface area contributed by atoms with Crippen molar-refractivity contribution in [1.29, 1.82) is 0 Å². The van der Waals surface area contributed by atoms with E-state index in [0.29, 0.717) is 11.1 Å². The topological polar surface area (TPSA) is 146 Å². The average Bonchev–Trinajstić information content (AvgIpc) is 2.67. The van der Waals surface area contributed by atoms with E-state index in [1.807, 2.05) is 0 Å². The standard InChI is InChI=1S/C20H23N3O8S/c1-13-6-8-15(11-16(13)23(25)26)32(27,28)31-17-9-7-14(10-18(17)29-5)12-21-22-19(24)30-20(2,3)4/h6-12H,1-5H3,(H,22,24)/b21-12+. The number of amides is 1. The lowest BCUT2D eigenvalue weighted by molar-refractivity contribution is -0.385. The van der Waals surface area contributed by atoms with Crippen LogP contribution in [0, 0.1) is 17.0 Å². The van der Waals surface area contributed by atoms with E-state index in [1.165, 1.54) is 50.6 Å². The molecule has 1 N–H and O–H groups in total. The third kappa shape index (κ3) is 6.67. The maximum atomic E-state index is 12.6. The maximum absolute atomic E-state index is 12.6. The molecular formula is C20H23N3O8S. The second-order valence-electron chi connectivity index (χ2n) is 7.53. The number of carbonyl (C=O) groups excluding carboxylic acids is 1. The summed E-state index contributed by atoms with van der Waals surface area (Å²) in [6, 6.07) is 7.71. The van der Waals surface area contributed by atoms with Crippen molar-refractivity contribution in [2.45, 2.75) is 38.2 Å². The van der Waals surface area contributed by atoms with Gasteiger partial charge in [-0.25, -0.2) is 10.2 Å². The number of benzene rings is 2. The molecule has 0 aliphatic rings. The Morgan fingerprint density at radius 1 is 1.16 bits per heavy atom. The molecule has 0 fully saturated rings. The molecule has 0 saturated heterocycles. The van der Waals surface area contributed by atoms with Gasteiger partial charge in [0.05, 0.1) is 18.2 Å². The fourth-order valence-electron chi connectivity index (χ4n) is 2.40. The Balaban J connectivity index is 2.21. The molecule has 1 amide bonds. The minimum atomic E-state index is -4.37. The van der Waals surface area contributed by atoms with E-state index in [1.54, 1.807) is 20.8 Å². The Hall–Kier alpha value is -3.67. The highest BCUT2D eigenvalue weighted by atomic mass is 32.2. The molecule has 0 saturated carbocycles. The molecule has 0 atom stereocenters. The van der Waals surface area contributed by atoms with Crippen molar-refractivity contribution in [3.63, 3.8) is 0 Å². The smallest absolute Gasteiger partial charge is 0.428 e. The first-order valence-electron chi connectivity index (χ1n) is 9.22. The molecule has 0 bridgehead atoms. The SMILES string of the molecule is COc1cc(/C=N/NC(=O)OC(C)(C)C)ccc1OS(=O)(=O)c1ccc(C)c([N+](=O)[O-])c1. The summed E-state index contributed by atoms with van der Waals surface area (Å²) in [6.07, 6.45) is 0.563. The van der Waals surface area contributed by atoms with Crippen LogP contribution in [0.4, 0.5) is 10.5 Å². The zero-order chi connectivity index (χ0) is 24.1. The van der Waals surface area contributed by atoms with Gasteiger partial charge < -0.3 is 13.7 Å². The molecule has 0 heterocycles. The van der Waals surface area contributed by atoms with Gasteiger partial charge in [0.25, 0.3) is 5.69 Å². The minimum Gasteiger partial charge on any atom is -0.493 e. The summed E-state index contributed by atoms with van der Waals surface area (Å²) in [5.74, 6) is -0.0654. The van der Waals surface area contributed by atoms with E-state index >= 15 is 0 Å². The first-order chi connectivity index (χ1) is 14.8. The number of ether oxygens (including phenoxy) is 2. The molecule has 0 spiro atoms. The minimum absolute atomic E-state index is 0.0661. The summed E-state index contributed by atoms with van der Waals surface area (Å²) in [6.45, 7) is 6.63. The largest absolute Gasteiger partial charge is 0.493 e.